The van der Waals surface area contributed by atoms with Gasteiger partial charge < -0.3 is 20.0 Å². The van der Waals surface area contributed by atoms with Gasteiger partial charge in [0.1, 0.15) is 5.52 Å². The Balaban J connectivity index is 1.36. The number of hydrogen-bond donors (Lipinski definition) is 2. The lowest BCUT2D eigenvalue weighted by Gasteiger charge is -2.42. The summed E-state index contributed by atoms with van der Waals surface area (Å²) in [5.74, 6) is 2.25. The van der Waals surface area contributed by atoms with Crippen molar-refractivity contribution < 1.29 is 9.21 Å². The van der Waals surface area contributed by atoms with Crippen LogP contribution in [0.5, 0.6) is 0 Å². The molecular formula is C22H28ClN5O2. The van der Waals surface area contributed by atoms with Crippen molar-refractivity contribution in [1.82, 2.24) is 20.1 Å². The molecule has 6 rings (SSSR count). The van der Waals surface area contributed by atoms with Crippen LogP contribution in [-0.2, 0) is 12.1 Å². The van der Waals surface area contributed by atoms with Crippen molar-refractivity contribution in [2.75, 3.05) is 38.5 Å². The first-order chi connectivity index (χ1) is 14.5. The van der Waals surface area contributed by atoms with Crippen molar-refractivity contribution in [3.8, 4) is 0 Å². The number of urea groups is 1. The fourth-order valence-corrected chi connectivity index (χ4v) is 6.57. The van der Waals surface area contributed by atoms with Crippen LogP contribution < -0.4 is 10.6 Å². The summed E-state index contributed by atoms with van der Waals surface area (Å²) in [5.41, 5.74) is 2.83. The largest absolute Gasteiger partial charge is 0.439 e. The first kappa shape index (κ1) is 18.9. The monoisotopic (exact) mass is 429 g/mol. The molecule has 0 bridgehead atoms. The molecular weight excluding hydrogens is 402 g/mol. The molecule has 1 saturated carbocycles. The number of rotatable bonds is 2. The molecule has 8 heteroatoms. The summed E-state index contributed by atoms with van der Waals surface area (Å²) in [4.78, 5) is 22.1. The summed E-state index contributed by atoms with van der Waals surface area (Å²) in [6.45, 7) is 5.31. The number of nitrogens with zero attached hydrogens (tertiary/aromatic N) is 3. The molecule has 2 saturated heterocycles. The molecule has 1 aromatic carbocycles. The van der Waals surface area contributed by atoms with Gasteiger partial charge in [-0.1, -0.05) is 30.9 Å². The Kier molecular flexibility index (Phi) is 4.31. The molecule has 2 amide bonds. The highest BCUT2D eigenvalue weighted by Gasteiger charge is 2.44. The molecule has 2 atom stereocenters. The standard InChI is InChI=1S/C22H28ClN5O2/c1-27-8-13-10-28(11-14(13)9-27)12-17-24-16-7-15(23)19-18(20(16)30-17)22(26-21(29)25-19)5-3-2-4-6-22/h7,13-14H,2-6,8-12H2,1H3,(H2,25,26,29). The van der Waals surface area contributed by atoms with E-state index in [1.807, 2.05) is 6.07 Å². The molecule has 2 unspecified atom stereocenters. The minimum absolute atomic E-state index is 0.182. The van der Waals surface area contributed by atoms with Crippen molar-refractivity contribution in [3.63, 3.8) is 0 Å². The zero-order valence-corrected chi connectivity index (χ0v) is 18.1. The third-order valence-electron chi connectivity index (χ3n) is 7.56. The second-order valence-corrected chi connectivity index (χ2v) is 10.1. The summed E-state index contributed by atoms with van der Waals surface area (Å²) >= 11 is 6.61. The van der Waals surface area contributed by atoms with Gasteiger partial charge in [0.25, 0.3) is 0 Å². The number of halogens is 1. The zero-order chi connectivity index (χ0) is 20.5. The minimum Gasteiger partial charge on any atom is -0.439 e. The summed E-state index contributed by atoms with van der Waals surface area (Å²) in [5, 5.41) is 6.67. The number of nitrogens with one attached hydrogen (secondary N) is 2. The average Bonchev–Trinajstić information content (AvgIpc) is 3.34. The fraction of sp³-hybridized carbons (Fsp3) is 0.636. The average molecular weight is 430 g/mol. The van der Waals surface area contributed by atoms with Crippen LogP contribution in [0.3, 0.4) is 0 Å². The van der Waals surface area contributed by atoms with Gasteiger partial charge in [0.2, 0.25) is 5.89 Å². The van der Waals surface area contributed by atoms with Gasteiger partial charge in [0.15, 0.2) is 5.58 Å². The topological polar surface area (TPSA) is 73.6 Å². The number of benzene rings is 1. The molecule has 0 radical (unpaired) electrons. The second kappa shape index (κ2) is 6.84. The van der Waals surface area contributed by atoms with E-state index in [9.17, 15) is 4.79 Å². The van der Waals surface area contributed by atoms with Crippen LogP contribution >= 0.6 is 11.6 Å². The van der Waals surface area contributed by atoms with Crippen LogP contribution in [0.15, 0.2) is 10.5 Å². The number of oxazole rings is 1. The van der Waals surface area contributed by atoms with Crippen LogP contribution in [0.25, 0.3) is 11.1 Å². The lowest BCUT2D eigenvalue weighted by molar-refractivity contribution is 0.208. The van der Waals surface area contributed by atoms with Gasteiger partial charge in [0.05, 0.1) is 22.8 Å². The molecule has 3 aliphatic heterocycles. The number of aromatic nitrogens is 1. The van der Waals surface area contributed by atoms with Crippen molar-refractivity contribution >= 4 is 34.4 Å². The predicted octanol–water partition coefficient (Wildman–Crippen LogP) is 3.77. The van der Waals surface area contributed by atoms with E-state index in [0.717, 1.165) is 79.7 Å². The van der Waals surface area contributed by atoms with E-state index in [0.29, 0.717) is 10.7 Å². The molecule has 1 aliphatic carbocycles. The Hall–Kier alpha value is -1.83. The van der Waals surface area contributed by atoms with Gasteiger partial charge in [0, 0.05) is 31.7 Å². The second-order valence-electron chi connectivity index (χ2n) is 9.72. The molecule has 2 N–H and O–H groups in total. The minimum atomic E-state index is -0.412. The highest BCUT2D eigenvalue weighted by Crippen LogP contribution is 2.48. The number of likely N-dealkylation sites (tertiary alicyclic amines) is 2. The quantitative estimate of drug-likeness (QED) is 0.760. The summed E-state index contributed by atoms with van der Waals surface area (Å²) in [6, 6.07) is 1.65. The van der Waals surface area contributed by atoms with Gasteiger partial charge in [-0.3, -0.25) is 4.90 Å². The van der Waals surface area contributed by atoms with Crippen LogP contribution in [0.2, 0.25) is 5.02 Å². The van der Waals surface area contributed by atoms with E-state index in [1.54, 1.807) is 0 Å². The summed E-state index contributed by atoms with van der Waals surface area (Å²) in [7, 11) is 2.21. The summed E-state index contributed by atoms with van der Waals surface area (Å²) < 4.78 is 6.38. The van der Waals surface area contributed by atoms with Crippen molar-refractivity contribution in [3.05, 3.63) is 22.5 Å². The Labute approximate surface area is 181 Å². The number of amides is 2. The third-order valence-corrected chi connectivity index (χ3v) is 7.86. The molecule has 2 aromatic rings. The van der Waals surface area contributed by atoms with E-state index in [4.69, 9.17) is 21.0 Å². The lowest BCUT2D eigenvalue weighted by atomic mass is 9.74. The van der Waals surface area contributed by atoms with E-state index in [2.05, 4.69) is 27.5 Å². The molecule has 160 valence electrons. The molecule has 1 spiro atoms. The predicted molar refractivity (Wildman–Crippen MR) is 116 cm³/mol. The lowest BCUT2D eigenvalue weighted by Crippen LogP contribution is -2.52. The Morgan fingerprint density at radius 1 is 1.20 bits per heavy atom. The molecule has 4 heterocycles. The molecule has 30 heavy (non-hydrogen) atoms. The highest BCUT2D eigenvalue weighted by molar-refractivity contribution is 6.35. The maximum absolute atomic E-state index is 12.4. The first-order valence-corrected chi connectivity index (χ1v) is 11.5. The Morgan fingerprint density at radius 3 is 2.67 bits per heavy atom. The van der Waals surface area contributed by atoms with E-state index >= 15 is 0 Å². The van der Waals surface area contributed by atoms with Crippen LogP contribution in [0.1, 0.15) is 43.6 Å². The number of carbonyl (C=O) groups is 1. The van der Waals surface area contributed by atoms with Crippen molar-refractivity contribution in [2.45, 2.75) is 44.2 Å². The normalized spacial score (nSPS) is 28.5. The Morgan fingerprint density at radius 2 is 1.93 bits per heavy atom. The number of hydrogen-bond acceptors (Lipinski definition) is 5. The van der Waals surface area contributed by atoms with Crippen molar-refractivity contribution in [2.24, 2.45) is 11.8 Å². The smallest absolute Gasteiger partial charge is 0.319 e. The van der Waals surface area contributed by atoms with E-state index in [1.165, 1.54) is 19.5 Å². The fourth-order valence-electron chi connectivity index (χ4n) is 6.33. The van der Waals surface area contributed by atoms with Gasteiger partial charge in [-0.05, 0) is 37.8 Å². The maximum atomic E-state index is 12.4. The van der Waals surface area contributed by atoms with Crippen LogP contribution in [-0.4, -0.2) is 54.0 Å². The first-order valence-electron chi connectivity index (χ1n) is 11.1. The molecule has 7 nitrogen and oxygen atoms in total. The van der Waals surface area contributed by atoms with E-state index < -0.39 is 5.54 Å². The zero-order valence-electron chi connectivity index (χ0n) is 17.3. The summed E-state index contributed by atoms with van der Waals surface area (Å²) in [6.07, 6.45) is 5.17. The molecule has 3 fully saturated rings. The van der Waals surface area contributed by atoms with Gasteiger partial charge in [-0.15, -0.1) is 0 Å². The number of carbonyl (C=O) groups excluding carboxylic acids is 1. The van der Waals surface area contributed by atoms with Gasteiger partial charge in [-0.2, -0.15) is 0 Å². The third kappa shape index (κ3) is 2.93. The highest BCUT2D eigenvalue weighted by atomic mass is 35.5. The van der Waals surface area contributed by atoms with E-state index in [-0.39, 0.29) is 6.03 Å². The maximum Gasteiger partial charge on any atom is 0.319 e. The van der Waals surface area contributed by atoms with Crippen LogP contribution in [0.4, 0.5) is 10.5 Å². The molecule has 4 aliphatic rings. The molecule has 1 aromatic heterocycles. The number of fused-ring (bicyclic) bond motifs is 5. The number of anilines is 1. The van der Waals surface area contributed by atoms with Crippen molar-refractivity contribution in [1.29, 1.82) is 0 Å². The van der Waals surface area contributed by atoms with Gasteiger partial charge >= 0.3 is 6.03 Å². The Bertz CT molecular complexity index is 1000. The van der Waals surface area contributed by atoms with Crippen LogP contribution in [0, 0.1) is 11.8 Å². The van der Waals surface area contributed by atoms with Gasteiger partial charge in [-0.25, -0.2) is 9.78 Å². The SMILES string of the molecule is CN1CC2CN(Cc3nc4cc(Cl)c5c(c4o3)C3(CCCCC3)NC(=O)N5)CC2C1.